The number of carbonyl (C=O) groups excluding carboxylic acids is 1. The molecule has 0 heterocycles. The van der Waals surface area contributed by atoms with Crippen LogP contribution in [0.1, 0.15) is 5.56 Å². The molecule has 2 aromatic rings. The van der Waals surface area contributed by atoms with E-state index in [0.29, 0.717) is 16.3 Å². The van der Waals surface area contributed by atoms with Crippen molar-refractivity contribution in [2.24, 2.45) is 5.14 Å². The van der Waals surface area contributed by atoms with Crippen molar-refractivity contribution in [3.63, 3.8) is 0 Å². The van der Waals surface area contributed by atoms with Crippen molar-refractivity contribution < 1.29 is 13.2 Å². The summed E-state index contributed by atoms with van der Waals surface area (Å²) in [5.74, 6) is -0.110. The van der Waals surface area contributed by atoms with Crippen LogP contribution in [0.15, 0.2) is 52.3 Å². The zero-order chi connectivity index (χ0) is 17.0. The smallest absolute Gasteiger partial charge is 0.238 e. The molecule has 0 aliphatic carbocycles. The van der Waals surface area contributed by atoms with Gasteiger partial charge in [-0.1, -0.05) is 29.8 Å². The number of aryl methyl sites for hydroxylation is 1. The molecule has 2 rings (SSSR count). The molecule has 0 unspecified atom stereocenters. The Morgan fingerprint density at radius 1 is 1.26 bits per heavy atom. The van der Waals surface area contributed by atoms with Crippen LogP contribution < -0.4 is 10.5 Å². The molecule has 0 radical (unpaired) electrons. The molecule has 0 aliphatic rings. The van der Waals surface area contributed by atoms with E-state index in [0.717, 1.165) is 4.90 Å². The van der Waals surface area contributed by atoms with Crippen LogP contribution in [0.5, 0.6) is 0 Å². The lowest BCUT2D eigenvalue weighted by molar-refractivity contribution is -0.113. The van der Waals surface area contributed by atoms with Gasteiger partial charge >= 0.3 is 0 Å². The summed E-state index contributed by atoms with van der Waals surface area (Å²) in [7, 11) is -3.83. The van der Waals surface area contributed by atoms with Crippen molar-refractivity contribution in [3.8, 4) is 0 Å². The highest BCUT2D eigenvalue weighted by atomic mass is 35.5. The van der Waals surface area contributed by atoms with Gasteiger partial charge in [0, 0.05) is 10.6 Å². The molecule has 0 spiro atoms. The number of benzene rings is 2. The van der Waals surface area contributed by atoms with E-state index in [-0.39, 0.29) is 16.6 Å². The van der Waals surface area contributed by atoms with Gasteiger partial charge < -0.3 is 5.32 Å². The number of hydrogen-bond donors (Lipinski definition) is 2. The second-order valence-corrected chi connectivity index (χ2v) is 7.75. The number of amides is 1. The molecule has 0 saturated heterocycles. The van der Waals surface area contributed by atoms with Gasteiger partial charge in [0.25, 0.3) is 0 Å². The lowest BCUT2D eigenvalue weighted by Gasteiger charge is -2.09. The van der Waals surface area contributed by atoms with Crippen LogP contribution in [0.2, 0.25) is 5.02 Å². The van der Waals surface area contributed by atoms with Gasteiger partial charge in [0.05, 0.1) is 15.7 Å². The van der Waals surface area contributed by atoms with E-state index >= 15 is 0 Å². The maximum atomic E-state index is 12.0. The summed E-state index contributed by atoms with van der Waals surface area (Å²) in [5, 5.41) is 8.38. The number of thioether (sulfide) groups is 1. The second-order valence-electron chi connectivity index (χ2n) is 4.79. The van der Waals surface area contributed by atoms with Crippen LogP contribution in [0.3, 0.4) is 0 Å². The standard InChI is InChI=1S/C15H15ClN2O3S2/c1-10-6-7-11(8-14(10)23(17,20)21)18-15(19)9-22-13-5-3-2-4-12(13)16/h2-8H,9H2,1H3,(H,18,19)(H2,17,20,21). The molecular formula is C15H15ClN2O3S2. The quantitative estimate of drug-likeness (QED) is 0.791. The normalized spacial score (nSPS) is 11.3. The van der Waals surface area contributed by atoms with E-state index in [4.69, 9.17) is 16.7 Å². The fourth-order valence-electron chi connectivity index (χ4n) is 1.89. The summed E-state index contributed by atoms with van der Waals surface area (Å²) in [4.78, 5) is 12.8. The summed E-state index contributed by atoms with van der Waals surface area (Å²) >= 11 is 7.32. The molecule has 122 valence electrons. The highest BCUT2D eigenvalue weighted by molar-refractivity contribution is 8.00. The van der Waals surface area contributed by atoms with Gasteiger partial charge in [-0.15, -0.1) is 11.8 Å². The molecule has 8 heteroatoms. The van der Waals surface area contributed by atoms with E-state index < -0.39 is 10.0 Å². The molecule has 3 N–H and O–H groups in total. The SMILES string of the molecule is Cc1ccc(NC(=O)CSc2ccccc2Cl)cc1S(N)(=O)=O. The monoisotopic (exact) mass is 370 g/mol. The molecule has 0 bridgehead atoms. The molecule has 0 atom stereocenters. The number of anilines is 1. The summed E-state index contributed by atoms with van der Waals surface area (Å²) < 4.78 is 23.0. The number of nitrogens with two attached hydrogens (primary N) is 1. The Labute approximate surface area is 144 Å². The van der Waals surface area contributed by atoms with Crippen molar-refractivity contribution in [3.05, 3.63) is 53.1 Å². The third-order valence-corrected chi connectivity index (χ3v) is 5.54. The molecule has 23 heavy (non-hydrogen) atoms. The van der Waals surface area contributed by atoms with Crippen molar-refractivity contribution in [1.82, 2.24) is 0 Å². The number of rotatable bonds is 5. The maximum absolute atomic E-state index is 12.0. The Morgan fingerprint density at radius 3 is 2.61 bits per heavy atom. The second kappa shape index (κ2) is 7.35. The molecule has 2 aromatic carbocycles. The van der Waals surface area contributed by atoms with Gasteiger partial charge in [0.2, 0.25) is 15.9 Å². The molecular weight excluding hydrogens is 356 g/mol. The Balaban J connectivity index is 2.05. The molecule has 1 amide bonds. The van der Waals surface area contributed by atoms with Crippen molar-refractivity contribution >= 4 is 45.0 Å². The lowest BCUT2D eigenvalue weighted by Crippen LogP contribution is -2.17. The van der Waals surface area contributed by atoms with Gasteiger partial charge in [-0.05, 0) is 36.8 Å². The number of carbonyl (C=O) groups is 1. The molecule has 0 saturated carbocycles. The third-order valence-electron chi connectivity index (χ3n) is 2.97. The first-order valence-electron chi connectivity index (χ1n) is 6.58. The zero-order valence-corrected chi connectivity index (χ0v) is 14.6. The van der Waals surface area contributed by atoms with Crippen LogP contribution >= 0.6 is 23.4 Å². The summed E-state index contributed by atoms with van der Waals surface area (Å²) in [5.41, 5.74) is 0.903. The Kier molecular flexibility index (Phi) is 5.69. The lowest BCUT2D eigenvalue weighted by atomic mass is 10.2. The average Bonchev–Trinajstić information content (AvgIpc) is 2.47. The fraction of sp³-hybridized carbons (Fsp3) is 0.133. The zero-order valence-electron chi connectivity index (χ0n) is 12.2. The van der Waals surface area contributed by atoms with Gasteiger partial charge in [-0.3, -0.25) is 4.79 Å². The van der Waals surface area contributed by atoms with E-state index in [1.165, 1.54) is 17.8 Å². The van der Waals surface area contributed by atoms with Crippen LogP contribution in [0.25, 0.3) is 0 Å². The number of halogens is 1. The molecule has 0 fully saturated rings. The summed E-state index contributed by atoms with van der Waals surface area (Å²) in [6, 6.07) is 11.8. The van der Waals surface area contributed by atoms with E-state index in [1.807, 2.05) is 18.2 Å². The van der Waals surface area contributed by atoms with Crippen molar-refractivity contribution in [1.29, 1.82) is 0 Å². The van der Waals surface area contributed by atoms with Gasteiger partial charge in [-0.25, -0.2) is 13.6 Å². The predicted octanol–water partition coefficient (Wildman–Crippen LogP) is 3.03. The van der Waals surface area contributed by atoms with E-state index in [2.05, 4.69) is 5.32 Å². The fourth-order valence-corrected chi connectivity index (χ4v) is 3.73. The average molecular weight is 371 g/mol. The predicted molar refractivity (Wildman–Crippen MR) is 93.4 cm³/mol. The highest BCUT2D eigenvalue weighted by Crippen LogP contribution is 2.26. The van der Waals surface area contributed by atoms with Gasteiger partial charge in [0.1, 0.15) is 0 Å². The largest absolute Gasteiger partial charge is 0.325 e. The summed E-state index contributed by atoms with van der Waals surface area (Å²) in [6.45, 7) is 1.64. The molecule has 0 aromatic heterocycles. The van der Waals surface area contributed by atoms with Crippen LogP contribution in [0.4, 0.5) is 5.69 Å². The van der Waals surface area contributed by atoms with Gasteiger partial charge in [-0.2, -0.15) is 0 Å². The Hall–Kier alpha value is -1.54. The number of hydrogen-bond acceptors (Lipinski definition) is 4. The number of sulfonamides is 1. The van der Waals surface area contributed by atoms with Crippen LogP contribution in [-0.2, 0) is 14.8 Å². The molecule has 5 nitrogen and oxygen atoms in total. The van der Waals surface area contributed by atoms with E-state index in [1.54, 1.807) is 25.1 Å². The topological polar surface area (TPSA) is 89.3 Å². The minimum absolute atomic E-state index is 0.00550. The van der Waals surface area contributed by atoms with Crippen molar-refractivity contribution in [2.75, 3.05) is 11.1 Å². The van der Waals surface area contributed by atoms with Crippen LogP contribution in [0, 0.1) is 6.92 Å². The van der Waals surface area contributed by atoms with Gasteiger partial charge in [0.15, 0.2) is 0 Å². The first-order chi connectivity index (χ1) is 10.8. The van der Waals surface area contributed by atoms with Crippen molar-refractivity contribution in [2.45, 2.75) is 16.7 Å². The Bertz CT molecular complexity index is 838. The maximum Gasteiger partial charge on any atom is 0.238 e. The van der Waals surface area contributed by atoms with E-state index in [9.17, 15) is 13.2 Å². The highest BCUT2D eigenvalue weighted by Gasteiger charge is 2.13. The number of primary sulfonamides is 1. The van der Waals surface area contributed by atoms with Crippen LogP contribution in [-0.4, -0.2) is 20.1 Å². The Morgan fingerprint density at radius 2 is 1.96 bits per heavy atom. The summed E-state index contributed by atoms with van der Waals surface area (Å²) in [6.07, 6.45) is 0. The molecule has 0 aliphatic heterocycles. The number of nitrogens with one attached hydrogen (secondary N) is 1. The minimum Gasteiger partial charge on any atom is -0.325 e. The third kappa shape index (κ3) is 4.97. The first kappa shape index (κ1) is 17.8. The minimum atomic E-state index is -3.83. The first-order valence-corrected chi connectivity index (χ1v) is 9.49.